The quantitative estimate of drug-likeness (QED) is 0.121. The SMILES string of the molecule is c1ccc(-c2ccccc2-c2c3cc4c5ccc6c7ccc8c9c(ccc(c%10ccc(c5c6%10)c4c4c5ccccc5c(c5c6cccc%10cccc(c25)c%106)c34)c97)-c2ccccc2-8)cc1. The van der Waals surface area contributed by atoms with Crippen molar-refractivity contribution in [1.29, 1.82) is 0 Å². The first-order chi connectivity index (χ1) is 31.8. The first-order valence-corrected chi connectivity index (χ1v) is 22.6. The van der Waals surface area contributed by atoms with Crippen LogP contribution in [-0.4, -0.2) is 0 Å². The highest BCUT2D eigenvalue weighted by molar-refractivity contribution is 6.54. The van der Waals surface area contributed by atoms with Gasteiger partial charge in [-0.3, -0.25) is 0 Å². The standard InChI is InChI=1S/C64H32/c1-2-12-33(13-3-1)35-16-4-7-19-38(35)58-52-32-51-47-29-28-45-43-26-24-41-36-17-5-6-18-37(36)42-25-27-44(55(43)54(41)42)46-30-31-50(57(47)56(45)46)59(51)60-39-20-8-9-21-40(39)61(64(52)60)63-49-23-11-15-34-14-10-22-48(53(34)49)62(58)63/h1-32H. The molecule has 0 aliphatic heterocycles. The first kappa shape index (κ1) is 32.4. The van der Waals surface area contributed by atoms with E-state index in [0.29, 0.717) is 0 Å². The molecule has 0 unspecified atom stereocenters. The summed E-state index contributed by atoms with van der Waals surface area (Å²) in [6.07, 6.45) is 0. The molecule has 0 fully saturated rings. The fourth-order valence-electron chi connectivity index (χ4n) is 13.5. The third kappa shape index (κ3) is 3.56. The summed E-state index contributed by atoms with van der Waals surface area (Å²) >= 11 is 0. The second-order valence-corrected chi connectivity index (χ2v) is 18.5. The summed E-state index contributed by atoms with van der Waals surface area (Å²) < 4.78 is 0. The highest BCUT2D eigenvalue weighted by Crippen LogP contribution is 2.59. The van der Waals surface area contributed by atoms with E-state index in [-0.39, 0.29) is 0 Å². The average Bonchev–Trinajstić information content (AvgIpc) is 4.08. The predicted molar refractivity (Wildman–Crippen MR) is 277 cm³/mol. The lowest BCUT2D eigenvalue weighted by Gasteiger charge is -2.17. The van der Waals surface area contributed by atoms with Crippen LogP contribution in [0.3, 0.4) is 0 Å². The van der Waals surface area contributed by atoms with Crippen LogP contribution in [0.25, 0.3) is 174 Å². The smallest absolute Gasteiger partial charge is 0.000674 e. The maximum absolute atomic E-state index is 2.61. The third-order valence-electron chi connectivity index (χ3n) is 15.8. The van der Waals surface area contributed by atoms with Crippen molar-refractivity contribution >= 4 is 129 Å². The van der Waals surface area contributed by atoms with Gasteiger partial charge in [0, 0.05) is 0 Å². The molecule has 64 heavy (non-hydrogen) atoms. The largest absolute Gasteiger partial charge is 0.0622 e. The Morgan fingerprint density at radius 2 is 0.578 bits per heavy atom. The van der Waals surface area contributed by atoms with E-state index in [1.54, 1.807) is 0 Å². The van der Waals surface area contributed by atoms with Crippen molar-refractivity contribution in [1.82, 2.24) is 0 Å². The molecule has 17 rings (SSSR count). The van der Waals surface area contributed by atoms with E-state index < -0.39 is 0 Å². The van der Waals surface area contributed by atoms with Crippen LogP contribution in [0.1, 0.15) is 0 Å². The van der Waals surface area contributed by atoms with Gasteiger partial charge in [0.2, 0.25) is 0 Å². The van der Waals surface area contributed by atoms with Crippen molar-refractivity contribution < 1.29 is 0 Å². The average molecular weight is 801 g/mol. The Kier molecular flexibility index (Phi) is 5.57. The topological polar surface area (TPSA) is 0 Å². The molecule has 0 bridgehead atoms. The number of fused-ring (bicyclic) bond motifs is 16. The first-order valence-electron chi connectivity index (χ1n) is 22.6. The van der Waals surface area contributed by atoms with Gasteiger partial charge in [-0.05, 0) is 180 Å². The molecule has 0 radical (unpaired) electrons. The molecule has 1 aliphatic rings. The van der Waals surface area contributed by atoms with Crippen molar-refractivity contribution in [3.63, 3.8) is 0 Å². The van der Waals surface area contributed by atoms with E-state index in [2.05, 4.69) is 194 Å². The van der Waals surface area contributed by atoms with Gasteiger partial charge in [0.05, 0.1) is 0 Å². The van der Waals surface area contributed by atoms with Gasteiger partial charge < -0.3 is 0 Å². The van der Waals surface area contributed by atoms with Gasteiger partial charge in [0.1, 0.15) is 0 Å². The number of hydrogen-bond donors (Lipinski definition) is 0. The molecular formula is C64H32. The van der Waals surface area contributed by atoms with Gasteiger partial charge in [-0.1, -0.05) is 188 Å². The van der Waals surface area contributed by atoms with Crippen molar-refractivity contribution in [2.24, 2.45) is 0 Å². The molecule has 16 aromatic carbocycles. The minimum Gasteiger partial charge on any atom is -0.0622 e. The number of hydrogen-bond acceptors (Lipinski definition) is 0. The fraction of sp³-hybridized carbons (Fsp3) is 0. The van der Waals surface area contributed by atoms with E-state index in [4.69, 9.17) is 0 Å². The summed E-state index contributed by atoms with van der Waals surface area (Å²) in [6.45, 7) is 0. The van der Waals surface area contributed by atoms with E-state index in [1.807, 2.05) is 0 Å². The minimum atomic E-state index is 1.23. The van der Waals surface area contributed by atoms with Gasteiger partial charge in [-0.25, -0.2) is 0 Å². The van der Waals surface area contributed by atoms with E-state index >= 15 is 0 Å². The summed E-state index contributed by atoms with van der Waals surface area (Å²) in [4.78, 5) is 0. The maximum atomic E-state index is 2.61. The Balaban J connectivity index is 1.12. The molecule has 0 nitrogen and oxygen atoms in total. The Morgan fingerprint density at radius 1 is 0.172 bits per heavy atom. The molecule has 0 N–H and O–H groups in total. The zero-order chi connectivity index (χ0) is 41.1. The summed E-state index contributed by atoms with van der Waals surface area (Å²) in [5.74, 6) is 0. The molecule has 0 saturated carbocycles. The molecule has 0 saturated heterocycles. The lowest BCUT2D eigenvalue weighted by Crippen LogP contribution is -1.89. The van der Waals surface area contributed by atoms with Gasteiger partial charge in [-0.15, -0.1) is 0 Å². The second-order valence-electron chi connectivity index (χ2n) is 18.5. The lowest BCUT2D eigenvalue weighted by molar-refractivity contribution is 1.61. The van der Waals surface area contributed by atoms with Crippen molar-refractivity contribution in [2.75, 3.05) is 0 Å². The summed E-state index contributed by atoms with van der Waals surface area (Å²) in [7, 11) is 0. The highest BCUT2D eigenvalue weighted by Gasteiger charge is 2.30. The van der Waals surface area contributed by atoms with E-state index in [0.717, 1.165) is 0 Å². The van der Waals surface area contributed by atoms with E-state index in [1.165, 1.54) is 174 Å². The van der Waals surface area contributed by atoms with Crippen LogP contribution in [0.2, 0.25) is 0 Å². The molecule has 0 aromatic heterocycles. The van der Waals surface area contributed by atoms with Crippen LogP contribution >= 0.6 is 0 Å². The van der Waals surface area contributed by atoms with Crippen LogP contribution in [-0.2, 0) is 0 Å². The minimum absolute atomic E-state index is 1.23. The molecule has 0 amide bonds. The van der Waals surface area contributed by atoms with Gasteiger partial charge in [0.25, 0.3) is 0 Å². The zero-order valence-corrected chi connectivity index (χ0v) is 34.5. The Bertz CT molecular complexity index is 4660. The Labute approximate surface area is 366 Å². The number of rotatable bonds is 2. The van der Waals surface area contributed by atoms with Crippen molar-refractivity contribution in [3.8, 4) is 44.5 Å². The van der Waals surface area contributed by atoms with Gasteiger partial charge in [-0.2, -0.15) is 0 Å². The Hall–Kier alpha value is -8.32. The summed E-state index contributed by atoms with van der Waals surface area (Å²) in [6, 6.07) is 74.2. The van der Waals surface area contributed by atoms with Crippen molar-refractivity contribution in [2.45, 2.75) is 0 Å². The summed E-state index contributed by atoms with van der Waals surface area (Å²) in [5.41, 5.74) is 10.5. The molecule has 288 valence electrons. The van der Waals surface area contributed by atoms with Crippen LogP contribution in [0.4, 0.5) is 0 Å². The highest BCUT2D eigenvalue weighted by atomic mass is 14.3. The molecule has 16 aromatic rings. The maximum Gasteiger partial charge on any atom is -0.000674 e. The van der Waals surface area contributed by atoms with Crippen LogP contribution in [0.5, 0.6) is 0 Å². The second kappa shape index (κ2) is 11.0. The monoisotopic (exact) mass is 800 g/mol. The molecule has 1 aliphatic carbocycles. The van der Waals surface area contributed by atoms with Crippen LogP contribution < -0.4 is 0 Å². The predicted octanol–water partition coefficient (Wildman–Crippen LogP) is 18.3. The lowest BCUT2D eigenvalue weighted by atomic mass is 9.86. The van der Waals surface area contributed by atoms with Crippen LogP contribution in [0.15, 0.2) is 194 Å². The summed E-state index contributed by atoms with van der Waals surface area (Å²) in [5, 5.41) is 32.6. The van der Waals surface area contributed by atoms with E-state index in [9.17, 15) is 0 Å². The fourth-order valence-corrected chi connectivity index (χ4v) is 13.5. The molecule has 0 atom stereocenters. The molecule has 0 heteroatoms. The zero-order valence-electron chi connectivity index (χ0n) is 34.5. The van der Waals surface area contributed by atoms with Gasteiger partial charge in [0.15, 0.2) is 0 Å². The molecule has 0 heterocycles. The van der Waals surface area contributed by atoms with Crippen LogP contribution in [0, 0.1) is 0 Å². The molecular weight excluding hydrogens is 769 g/mol. The third-order valence-corrected chi connectivity index (χ3v) is 15.8. The van der Waals surface area contributed by atoms with Crippen molar-refractivity contribution in [3.05, 3.63) is 194 Å². The normalized spacial score (nSPS) is 13.0. The Morgan fingerprint density at radius 3 is 1.25 bits per heavy atom. The van der Waals surface area contributed by atoms with Gasteiger partial charge >= 0.3 is 0 Å². The number of benzene rings is 13. The molecule has 0 spiro atoms.